The van der Waals surface area contributed by atoms with Crippen LogP contribution in [0.5, 0.6) is 0 Å². The van der Waals surface area contributed by atoms with Gasteiger partial charge in [0.25, 0.3) is 0 Å². The van der Waals surface area contributed by atoms with Crippen molar-refractivity contribution in [2.75, 3.05) is 13.1 Å². The number of hydrogen-bond donors (Lipinski definition) is 1. The molecular weight excluding hydrogens is 268 g/mol. The molecule has 2 atom stereocenters. The highest BCUT2D eigenvalue weighted by Gasteiger charge is 2.36. The van der Waals surface area contributed by atoms with Crippen molar-refractivity contribution in [2.24, 2.45) is 5.92 Å². The number of nitrogens with one attached hydrogen (secondary N) is 1. The van der Waals surface area contributed by atoms with E-state index < -0.39 is 0 Å². The molecule has 1 saturated heterocycles. The van der Waals surface area contributed by atoms with E-state index in [1.807, 2.05) is 0 Å². The number of halogens is 1. The third kappa shape index (κ3) is 2.51. The topological polar surface area (TPSA) is 36.1 Å². The van der Waals surface area contributed by atoms with Crippen molar-refractivity contribution in [3.05, 3.63) is 20.2 Å². The molecule has 1 fully saturated rings. The van der Waals surface area contributed by atoms with Gasteiger partial charge in [-0.3, -0.25) is 9.69 Å². The lowest BCUT2D eigenvalue weighted by molar-refractivity contribution is 0.0857. The van der Waals surface area contributed by atoms with Gasteiger partial charge in [-0.25, -0.2) is 0 Å². The minimum atomic E-state index is 0. The number of hydrogen-bond acceptors (Lipinski definition) is 3. The highest BCUT2D eigenvalue weighted by atomic mass is 35.5. The molecule has 0 aromatic carbocycles. The van der Waals surface area contributed by atoms with Gasteiger partial charge in [-0.05, 0) is 51.1 Å². The Morgan fingerprint density at radius 3 is 3.06 bits per heavy atom. The van der Waals surface area contributed by atoms with Gasteiger partial charge in [-0.1, -0.05) is 18.3 Å². The van der Waals surface area contributed by atoms with Crippen LogP contribution in [0.3, 0.4) is 0 Å². The SMILES string of the molecule is CCCN1CCC[C@H]2Cc3[nH]c(=O)sc3C[C@@H]21.Cl. The first-order valence-electron chi connectivity index (χ1n) is 6.73. The zero-order valence-electron chi connectivity index (χ0n) is 10.8. The summed E-state index contributed by atoms with van der Waals surface area (Å²) in [4.78, 5) is 18.5. The van der Waals surface area contributed by atoms with Crippen LogP contribution in [-0.4, -0.2) is 29.0 Å². The Kier molecular flexibility index (Phi) is 4.51. The lowest BCUT2D eigenvalue weighted by atomic mass is 9.79. The summed E-state index contributed by atoms with van der Waals surface area (Å²) in [5.74, 6) is 0.771. The molecule has 0 saturated carbocycles. The van der Waals surface area contributed by atoms with Crippen LogP contribution in [0.15, 0.2) is 4.79 Å². The van der Waals surface area contributed by atoms with E-state index in [0.717, 1.165) is 18.8 Å². The molecule has 3 rings (SSSR count). The van der Waals surface area contributed by atoms with Crippen LogP contribution >= 0.6 is 23.7 Å². The van der Waals surface area contributed by atoms with Crippen molar-refractivity contribution in [1.82, 2.24) is 9.88 Å². The fourth-order valence-electron chi connectivity index (χ4n) is 3.49. The van der Waals surface area contributed by atoms with Gasteiger partial charge >= 0.3 is 4.87 Å². The summed E-state index contributed by atoms with van der Waals surface area (Å²) in [6, 6.07) is 0.697. The van der Waals surface area contributed by atoms with E-state index >= 15 is 0 Å². The van der Waals surface area contributed by atoms with Gasteiger partial charge in [-0.15, -0.1) is 12.4 Å². The lowest BCUT2D eigenvalue weighted by Crippen LogP contribution is -2.49. The van der Waals surface area contributed by atoms with Gasteiger partial charge in [-0.2, -0.15) is 0 Å². The number of nitrogens with zero attached hydrogens (tertiary/aromatic N) is 1. The molecule has 1 aromatic heterocycles. The predicted octanol–water partition coefficient (Wildman–Crippen LogP) is 2.45. The first-order valence-corrected chi connectivity index (χ1v) is 7.54. The Balaban J connectivity index is 0.00000120. The van der Waals surface area contributed by atoms with Crippen LogP contribution in [0.4, 0.5) is 0 Å². The van der Waals surface area contributed by atoms with E-state index in [1.165, 1.54) is 54.3 Å². The van der Waals surface area contributed by atoms with Gasteiger partial charge in [0.15, 0.2) is 0 Å². The summed E-state index contributed by atoms with van der Waals surface area (Å²) in [6.07, 6.45) is 6.09. The first-order chi connectivity index (χ1) is 8.28. The number of aromatic amines is 1. The van der Waals surface area contributed by atoms with Gasteiger partial charge in [0.1, 0.15) is 0 Å². The van der Waals surface area contributed by atoms with E-state index in [9.17, 15) is 4.79 Å². The molecule has 18 heavy (non-hydrogen) atoms. The third-order valence-electron chi connectivity index (χ3n) is 4.21. The first kappa shape index (κ1) is 14.1. The van der Waals surface area contributed by atoms with E-state index in [4.69, 9.17) is 0 Å². The number of likely N-dealkylation sites (tertiary alicyclic amines) is 1. The Bertz CT molecular complexity index is 454. The molecule has 0 amide bonds. The van der Waals surface area contributed by atoms with Gasteiger partial charge in [0, 0.05) is 16.6 Å². The normalized spacial score (nSPS) is 27.2. The molecule has 102 valence electrons. The molecule has 0 radical (unpaired) electrons. The number of thiazole rings is 1. The summed E-state index contributed by atoms with van der Waals surface area (Å²) in [5.41, 5.74) is 1.24. The maximum atomic E-state index is 11.4. The quantitative estimate of drug-likeness (QED) is 0.907. The second-order valence-electron chi connectivity index (χ2n) is 5.33. The number of fused-ring (bicyclic) bond motifs is 2. The van der Waals surface area contributed by atoms with E-state index in [1.54, 1.807) is 0 Å². The van der Waals surface area contributed by atoms with Crippen molar-refractivity contribution in [1.29, 1.82) is 0 Å². The average Bonchev–Trinajstić information content (AvgIpc) is 2.66. The summed E-state index contributed by atoms with van der Waals surface area (Å²) in [6.45, 7) is 4.73. The number of aromatic nitrogens is 1. The highest BCUT2D eigenvalue weighted by molar-refractivity contribution is 7.09. The number of piperidine rings is 1. The zero-order valence-corrected chi connectivity index (χ0v) is 12.4. The van der Waals surface area contributed by atoms with Crippen molar-refractivity contribution >= 4 is 23.7 Å². The highest BCUT2D eigenvalue weighted by Crippen LogP contribution is 2.35. The number of rotatable bonds is 2. The Hall–Kier alpha value is -0.320. The lowest BCUT2D eigenvalue weighted by Gasteiger charge is -2.43. The molecule has 0 spiro atoms. The van der Waals surface area contributed by atoms with Crippen LogP contribution < -0.4 is 4.87 Å². The summed E-state index contributed by atoms with van der Waals surface area (Å²) >= 11 is 1.43. The van der Waals surface area contributed by atoms with Crippen LogP contribution in [0, 0.1) is 5.92 Å². The molecule has 0 unspecified atom stereocenters. The van der Waals surface area contributed by atoms with E-state index in [2.05, 4.69) is 16.8 Å². The summed E-state index contributed by atoms with van der Waals surface area (Å²) in [7, 11) is 0. The second kappa shape index (κ2) is 5.76. The van der Waals surface area contributed by atoms with Crippen molar-refractivity contribution in [3.8, 4) is 0 Å². The van der Waals surface area contributed by atoms with Crippen molar-refractivity contribution < 1.29 is 0 Å². The Morgan fingerprint density at radius 2 is 2.28 bits per heavy atom. The minimum Gasteiger partial charge on any atom is -0.316 e. The van der Waals surface area contributed by atoms with Gasteiger partial charge in [0.2, 0.25) is 0 Å². The van der Waals surface area contributed by atoms with Crippen molar-refractivity contribution in [2.45, 2.75) is 45.1 Å². The third-order valence-corrected chi connectivity index (χ3v) is 5.16. The molecule has 1 N–H and O–H groups in total. The standard InChI is InChI=1S/C13H20N2OS.ClH/c1-2-5-15-6-3-4-9-7-10-12(8-11(9)15)17-13(16)14-10;/h9,11H,2-8H2,1H3,(H,14,16);1H/t9-,11-;/m0./s1. The monoisotopic (exact) mass is 288 g/mol. The zero-order chi connectivity index (χ0) is 11.8. The Labute approximate surface area is 118 Å². The maximum absolute atomic E-state index is 11.4. The van der Waals surface area contributed by atoms with Crippen molar-refractivity contribution in [3.63, 3.8) is 0 Å². The molecule has 2 aliphatic rings. The van der Waals surface area contributed by atoms with E-state index in [-0.39, 0.29) is 17.3 Å². The molecule has 3 nitrogen and oxygen atoms in total. The molecule has 1 aliphatic heterocycles. The van der Waals surface area contributed by atoms with Gasteiger partial charge < -0.3 is 4.98 Å². The Morgan fingerprint density at radius 1 is 1.44 bits per heavy atom. The molecule has 1 aliphatic carbocycles. The number of H-pyrrole nitrogens is 1. The largest absolute Gasteiger partial charge is 0.316 e. The maximum Gasteiger partial charge on any atom is 0.304 e. The molecular formula is C13H21ClN2OS. The summed E-state index contributed by atoms with van der Waals surface area (Å²) in [5, 5.41) is 0. The fraction of sp³-hybridized carbons (Fsp3) is 0.769. The van der Waals surface area contributed by atoms with Crippen LogP contribution in [-0.2, 0) is 12.8 Å². The molecule has 0 bridgehead atoms. The molecule has 1 aromatic rings. The fourth-order valence-corrected chi connectivity index (χ4v) is 4.40. The smallest absolute Gasteiger partial charge is 0.304 e. The minimum absolute atomic E-state index is 0. The van der Waals surface area contributed by atoms with Crippen LogP contribution in [0.1, 0.15) is 36.8 Å². The predicted molar refractivity (Wildman–Crippen MR) is 78.0 cm³/mol. The van der Waals surface area contributed by atoms with Crippen LogP contribution in [0.2, 0.25) is 0 Å². The second-order valence-corrected chi connectivity index (χ2v) is 6.40. The molecule has 2 heterocycles. The van der Waals surface area contributed by atoms with Gasteiger partial charge in [0.05, 0.1) is 0 Å². The summed E-state index contributed by atoms with van der Waals surface area (Å²) < 4.78 is 0. The molecule has 5 heteroatoms. The average molecular weight is 289 g/mol. The van der Waals surface area contributed by atoms with E-state index in [0.29, 0.717) is 6.04 Å². The van der Waals surface area contributed by atoms with Crippen LogP contribution in [0.25, 0.3) is 0 Å².